The van der Waals surface area contributed by atoms with E-state index in [9.17, 15) is 14.0 Å². The number of ether oxygens (including phenoxy) is 1. The first-order valence-electron chi connectivity index (χ1n) is 9.01. The maximum absolute atomic E-state index is 13.8. The van der Waals surface area contributed by atoms with Crippen molar-refractivity contribution < 1.29 is 18.7 Å². The van der Waals surface area contributed by atoms with Crippen molar-refractivity contribution in [1.82, 2.24) is 4.90 Å². The van der Waals surface area contributed by atoms with Gasteiger partial charge in [-0.2, -0.15) is 0 Å². The second-order valence-electron chi connectivity index (χ2n) is 6.08. The molecular weight excluding hydrogens is 411 g/mol. The summed E-state index contributed by atoms with van der Waals surface area (Å²) in [6.45, 7) is 2.49. The fourth-order valence-electron chi connectivity index (χ4n) is 2.70. The summed E-state index contributed by atoms with van der Waals surface area (Å²) in [5.41, 5.74) is 0.891. The van der Waals surface area contributed by atoms with Crippen LogP contribution in [0, 0.1) is 5.82 Å². The van der Waals surface area contributed by atoms with Crippen LogP contribution in [0.3, 0.4) is 0 Å². The monoisotopic (exact) mass is 430 g/mol. The van der Waals surface area contributed by atoms with E-state index in [0.717, 1.165) is 11.8 Å². The van der Waals surface area contributed by atoms with Gasteiger partial charge in [-0.25, -0.2) is 4.39 Å². The van der Waals surface area contributed by atoms with E-state index in [1.807, 2.05) is 13.0 Å². The van der Waals surface area contributed by atoms with Gasteiger partial charge in [-0.15, -0.1) is 0 Å². The lowest BCUT2D eigenvalue weighted by Crippen LogP contribution is -2.31. The maximum atomic E-state index is 13.8. The Morgan fingerprint density at radius 2 is 1.97 bits per heavy atom. The van der Waals surface area contributed by atoms with E-state index in [2.05, 4.69) is 5.32 Å². The van der Waals surface area contributed by atoms with Gasteiger partial charge in [-0.1, -0.05) is 54.3 Å². The highest BCUT2D eigenvalue weighted by Gasteiger charge is 2.32. The molecule has 0 saturated carbocycles. The molecule has 5 nitrogen and oxygen atoms in total. The third kappa shape index (κ3) is 5.21. The zero-order valence-electron chi connectivity index (χ0n) is 15.7. The molecule has 150 valence electrons. The Morgan fingerprint density at radius 3 is 2.72 bits per heavy atom. The van der Waals surface area contributed by atoms with Crippen LogP contribution in [-0.2, 0) is 9.59 Å². The predicted octanol–water partition coefficient (Wildman–Crippen LogP) is 4.45. The Bertz CT molecular complexity index is 978. The van der Waals surface area contributed by atoms with Crippen molar-refractivity contribution in [2.45, 2.75) is 13.3 Å². The van der Waals surface area contributed by atoms with Crippen LogP contribution >= 0.6 is 24.0 Å². The first kappa shape index (κ1) is 21.0. The highest BCUT2D eigenvalue weighted by Crippen LogP contribution is 2.33. The van der Waals surface area contributed by atoms with Gasteiger partial charge < -0.3 is 10.1 Å². The number of nitrogens with one attached hydrogen (secondary N) is 1. The lowest BCUT2D eigenvalue weighted by Gasteiger charge is -2.15. The molecule has 1 N–H and O–H groups in total. The maximum Gasteiger partial charge on any atom is 0.266 e. The van der Waals surface area contributed by atoms with Crippen molar-refractivity contribution in [1.29, 1.82) is 0 Å². The highest BCUT2D eigenvalue weighted by molar-refractivity contribution is 8.26. The number of halogens is 1. The van der Waals surface area contributed by atoms with Crippen LogP contribution in [-0.4, -0.2) is 34.2 Å². The largest absolute Gasteiger partial charge is 0.492 e. The Morgan fingerprint density at radius 1 is 1.24 bits per heavy atom. The number of carbonyl (C=O) groups is 2. The molecule has 0 unspecified atom stereocenters. The van der Waals surface area contributed by atoms with Crippen molar-refractivity contribution in [2.75, 3.05) is 18.5 Å². The van der Waals surface area contributed by atoms with E-state index >= 15 is 0 Å². The van der Waals surface area contributed by atoms with Crippen LogP contribution in [0.2, 0.25) is 0 Å². The molecule has 2 aromatic carbocycles. The molecule has 0 aliphatic carbocycles. The van der Waals surface area contributed by atoms with Crippen molar-refractivity contribution in [2.24, 2.45) is 0 Å². The van der Waals surface area contributed by atoms with E-state index in [1.165, 1.54) is 17.0 Å². The van der Waals surface area contributed by atoms with E-state index in [-0.39, 0.29) is 24.8 Å². The summed E-state index contributed by atoms with van der Waals surface area (Å²) in [5.74, 6) is -0.415. The number of thioether (sulfide) groups is 1. The lowest BCUT2D eigenvalue weighted by atomic mass is 10.2. The Hall–Kier alpha value is -2.71. The SMILES string of the molecule is CCOc1ccccc1NC(=O)CCN1C(=O)/C(=C/c2ccccc2F)SC1=S. The number of carbonyl (C=O) groups excluding carboxylic acids is 2. The molecule has 0 spiro atoms. The molecule has 0 radical (unpaired) electrons. The number of hydrogen-bond acceptors (Lipinski definition) is 5. The number of benzene rings is 2. The van der Waals surface area contributed by atoms with Gasteiger partial charge in [0.05, 0.1) is 17.2 Å². The molecule has 2 aromatic rings. The zero-order valence-corrected chi connectivity index (χ0v) is 17.3. The van der Waals surface area contributed by atoms with Crippen LogP contribution in [0.25, 0.3) is 6.08 Å². The Labute approximate surface area is 177 Å². The molecule has 1 saturated heterocycles. The highest BCUT2D eigenvalue weighted by atomic mass is 32.2. The predicted molar refractivity (Wildman–Crippen MR) is 117 cm³/mol. The second kappa shape index (κ2) is 9.67. The summed E-state index contributed by atoms with van der Waals surface area (Å²) in [6.07, 6.45) is 1.55. The van der Waals surface area contributed by atoms with Gasteiger partial charge in [0.25, 0.3) is 5.91 Å². The van der Waals surface area contributed by atoms with Crippen molar-refractivity contribution in [3.63, 3.8) is 0 Å². The van der Waals surface area contributed by atoms with E-state index in [4.69, 9.17) is 17.0 Å². The molecule has 0 bridgehead atoms. The number of anilines is 1. The van der Waals surface area contributed by atoms with Crippen LogP contribution < -0.4 is 10.1 Å². The van der Waals surface area contributed by atoms with Crippen LogP contribution in [0.1, 0.15) is 18.9 Å². The first-order chi connectivity index (χ1) is 14.0. The molecule has 1 aliphatic heterocycles. The van der Waals surface area contributed by atoms with E-state index in [1.54, 1.807) is 36.4 Å². The van der Waals surface area contributed by atoms with Gasteiger partial charge in [0, 0.05) is 18.5 Å². The zero-order chi connectivity index (χ0) is 20.8. The Balaban J connectivity index is 1.62. The fourth-order valence-corrected chi connectivity index (χ4v) is 4.00. The van der Waals surface area contributed by atoms with E-state index in [0.29, 0.717) is 32.8 Å². The summed E-state index contributed by atoms with van der Waals surface area (Å²) < 4.78 is 19.7. The minimum atomic E-state index is -0.412. The standard InChI is InChI=1S/C21H19FN2O3S2/c1-2-27-17-10-6-5-9-16(17)23-19(25)11-12-24-20(26)18(29-21(24)28)13-14-7-3-4-8-15(14)22/h3-10,13H,2,11-12H2,1H3,(H,23,25)/b18-13-. The van der Waals surface area contributed by atoms with E-state index < -0.39 is 5.82 Å². The summed E-state index contributed by atoms with van der Waals surface area (Å²) in [7, 11) is 0. The van der Waals surface area contributed by atoms with Gasteiger partial charge in [0.1, 0.15) is 15.9 Å². The summed E-state index contributed by atoms with van der Waals surface area (Å²) >= 11 is 6.36. The number of rotatable bonds is 7. The first-order valence-corrected chi connectivity index (χ1v) is 10.2. The fraction of sp³-hybridized carbons (Fsp3) is 0.190. The molecule has 8 heteroatoms. The van der Waals surface area contributed by atoms with Gasteiger partial charge in [-0.05, 0) is 31.2 Å². The second-order valence-corrected chi connectivity index (χ2v) is 7.76. The van der Waals surface area contributed by atoms with Crippen molar-refractivity contribution >= 4 is 51.9 Å². The summed E-state index contributed by atoms with van der Waals surface area (Å²) in [6, 6.07) is 13.3. The average molecular weight is 431 g/mol. The average Bonchev–Trinajstić information content (AvgIpc) is 2.96. The molecule has 2 amide bonds. The van der Waals surface area contributed by atoms with Gasteiger partial charge in [0.2, 0.25) is 5.91 Å². The molecule has 3 rings (SSSR count). The molecular formula is C21H19FN2O3S2. The van der Waals surface area contributed by atoms with Gasteiger partial charge >= 0.3 is 0 Å². The molecule has 1 fully saturated rings. The van der Waals surface area contributed by atoms with Crippen molar-refractivity contribution in [3.8, 4) is 5.75 Å². The minimum Gasteiger partial charge on any atom is -0.492 e. The lowest BCUT2D eigenvalue weighted by molar-refractivity contribution is -0.122. The van der Waals surface area contributed by atoms with Gasteiger partial charge in [0.15, 0.2) is 0 Å². The number of amides is 2. The third-order valence-electron chi connectivity index (χ3n) is 4.09. The molecule has 0 atom stereocenters. The topological polar surface area (TPSA) is 58.6 Å². The molecule has 1 heterocycles. The Kier molecular flexibility index (Phi) is 7.00. The summed E-state index contributed by atoms with van der Waals surface area (Å²) in [4.78, 5) is 26.7. The minimum absolute atomic E-state index is 0.0693. The summed E-state index contributed by atoms with van der Waals surface area (Å²) in [5, 5.41) is 2.79. The smallest absolute Gasteiger partial charge is 0.266 e. The van der Waals surface area contributed by atoms with Crippen LogP contribution in [0.5, 0.6) is 5.75 Å². The molecule has 0 aromatic heterocycles. The van der Waals surface area contributed by atoms with Gasteiger partial charge in [-0.3, -0.25) is 14.5 Å². The third-order valence-corrected chi connectivity index (χ3v) is 5.47. The molecule has 29 heavy (non-hydrogen) atoms. The quantitative estimate of drug-likeness (QED) is 0.519. The number of hydrogen-bond donors (Lipinski definition) is 1. The van der Waals surface area contributed by atoms with Crippen LogP contribution in [0.4, 0.5) is 10.1 Å². The molecule has 1 aliphatic rings. The number of nitrogens with zero attached hydrogens (tertiary/aromatic N) is 1. The normalized spacial score (nSPS) is 15.1. The van der Waals surface area contributed by atoms with Crippen LogP contribution in [0.15, 0.2) is 53.4 Å². The van der Waals surface area contributed by atoms with Crippen molar-refractivity contribution in [3.05, 3.63) is 64.8 Å². The number of para-hydroxylation sites is 2. The number of thiocarbonyl (C=S) groups is 1.